The number of halogens is 5. The third kappa shape index (κ3) is 3.24. The van der Waals surface area contributed by atoms with Crippen LogP contribution in [0.4, 0.5) is 13.2 Å². The Balaban J connectivity index is 2.59. The lowest BCUT2D eigenvalue weighted by molar-refractivity contribution is -0.0501. The molecule has 21 heavy (non-hydrogen) atoms. The van der Waals surface area contributed by atoms with E-state index in [2.05, 4.69) is 25.1 Å². The number of benzene rings is 1. The van der Waals surface area contributed by atoms with Crippen LogP contribution >= 0.6 is 27.5 Å². The fourth-order valence-electron chi connectivity index (χ4n) is 1.53. The second-order valence-electron chi connectivity index (χ2n) is 4.07. The molecule has 114 valence electrons. The van der Waals surface area contributed by atoms with Crippen LogP contribution in [0.2, 0.25) is 5.02 Å². The van der Waals surface area contributed by atoms with E-state index in [9.17, 15) is 21.6 Å². The number of hydrogen-bond donors (Lipinski definition) is 0. The van der Waals surface area contributed by atoms with Crippen molar-refractivity contribution in [3.63, 3.8) is 0 Å². The second kappa shape index (κ2) is 5.29. The van der Waals surface area contributed by atoms with Crippen LogP contribution in [-0.2, 0) is 10.1 Å². The standard InChI is InChI=1S/C11H6BrClF3NO3S/c1-5-2-7(12)6-4-8(13)10(17-9(6)3-5)20-21(18,19)11(14,15)16/h2-4H,1H3. The highest BCUT2D eigenvalue weighted by Crippen LogP contribution is 2.34. The first-order chi connectivity index (χ1) is 9.51. The topological polar surface area (TPSA) is 56.3 Å². The number of fused-ring (bicyclic) bond motifs is 1. The summed E-state index contributed by atoms with van der Waals surface area (Å²) in [4.78, 5) is 3.73. The quantitative estimate of drug-likeness (QED) is 0.556. The predicted octanol–water partition coefficient (Wildman–Crippen LogP) is 4.19. The SMILES string of the molecule is Cc1cc(Br)c2cc(Cl)c(OS(=O)(=O)C(F)(F)F)nc2c1. The van der Waals surface area contributed by atoms with Crippen molar-refractivity contribution in [2.24, 2.45) is 0 Å². The summed E-state index contributed by atoms with van der Waals surface area (Å²) in [5.74, 6) is -0.820. The van der Waals surface area contributed by atoms with Gasteiger partial charge in [-0.15, -0.1) is 0 Å². The normalized spacial score (nSPS) is 12.7. The van der Waals surface area contributed by atoms with Gasteiger partial charge in [-0.2, -0.15) is 21.6 Å². The molecule has 0 spiro atoms. The van der Waals surface area contributed by atoms with Gasteiger partial charge in [-0.25, -0.2) is 4.98 Å². The molecule has 0 atom stereocenters. The average Bonchev–Trinajstić information content (AvgIpc) is 2.29. The fourth-order valence-corrected chi connectivity index (χ4v) is 2.88. The maximum atomic E-state index is 12.3. The summed E-state index contributed by atoms with van der Waals surface area (Å²) < 4.78 is 63.5. The zero-order chi connectivity index (χ0) is 16.0. The number of rotatable bonds is 2. The Hall–Kier alpha value is -1.06. The van der Waals surface area contributed by atoms with Crippen molar-refractivity contribution in [2.75, 3.05) is 0 Å². The molecule has 0 saturated carbocycles. The first-order valence-electron chi connectivity index (χ1n) is 5.28. The Morgan fingerprint density at radius 3 is 2.48 bits per heavy atom. The third-order valence-corrected chi connectivity index (χ3v) is 4.29. The number of aromatic nitrogens is 1. The zero-order valence-electron chi connectivity index (χ0n) is 10.2. The van der Waals surface area contributed by atoms with Crippen LogP contribution in [0.15, 0.2) is 22.7 Å². The van der Waals surface area contributed by atoms with E-state index < -0.39 is 21.5 Å². The van der Waals surface area contributed by atoms with Gasteiger partial charge >= 0.3 is 15.6 Å². The number of alkyl halides is 3. The molecule has 10 heteroatoms. The van der Waals surface area contributed by atoms with E-state index in [1.54, 1.807) is 19.1 Å². The predicted molar refractivity (Wildman–Crippen MR) is 74.8 cm³/mol. The van der Waals surface area contributed by atoms with Gasteiger partial charge in [0.25, 0.3) is 5.88 Å². The summed E-state index contributed by atoms with van der Waals surface area (Å²) >= 11 is 8.99. The molecule has 0 radical (unpaired) electrons. The lowest BCUT2D eigenvalue weighted by Gasteiger charge is -2.11. The van der Waals surface area contributed by atoms with Gasteiger partial charge < -0.3 is 4.18 Å². The largest absolute Gasteiger partial charge is 0.534 e. The molecule has 0 bridgehead atoms. The average molecular weight is 405 g/mol. The Kier molecular flexibility index (Phi) is 4.11. The first kappa shape index (κ1) is 16.3. The summed E-state index contributed by atoms with van der Waals surface area (Å²) in [5.41, 5.74) is -4.53. The van der Waals surface area contributed by atoms with Crippen molar-refractivity contribution < 1.29 is 25.8 Å². The van der Waals surface area contributed by atoms with Crippen molar-refractivity contribution >= 4 is 48.6 Å². The maximum Gasteiger partial charge on any atom is 0.534 e. The van der Waals surface area contributed by atoms with E-state index in [0.717, 1.165) is 5.56 Å². The molecule has 0 saturated heterocycles. The smallest absolute Gasteiger partial charge is 0.354 e. The molecule has 0 amide bonds. The summed E-state index contributed by atoms with van der Waals surface area (Å²) in [6.07, 6.45) is 0. The van der Waals surface area contributed by atoms with Gasteiger partial charge in [0.2, 0.25) is 0 Å². The summed E-state index contributed by atoms with van der Waals surface area (Å²) in [7, 11) is -5.82. The molecule has 1 aromatic carbocycles. The molecular weight excluding hydrogens is 399 g/mol. The van der Waals surface area contributed by atoms with Crippen molar-refractivity contribution in [3.05, 3.63) is 33.3 Å². The molecule has 2 rings (SSSR count). The maximum absolute atomic E-state index is 12.3. The Morgan fingerprint density at radius 2 is 1.90 bits per heavy atom. The molecule has 0 aliphatic heterocycles. The summed E-state index contributed by atoms with van der Waals surface area (Å²) in [6.45, 7) is 1.74. The minimum absolute atomic E-state index is 0.249. The molecule has 0 fully saturated rings. The second-order valence-corrected chi connectivity index (χ2v) is 6.87. The van der Waals surface area contributed by atoms with Gasteiger partial charge in [-0.1, -0.05) is 27.5 Å². The molecule has 1 heterocycles. The van der Waals surface area contributed by atoms with Crippen LogP contribution < -0.4 is 4.18 Å². The minimum atomic E-state index is -5.82. The van der Waals surface area contributed by atoms with Crippen LogP contribution in [0.3, 0.4) is 0 Å². The number of nitrogens with zero attached hydrogens (tertiary/aromatic N) is 1. The van der Waals surface area contributed by atoms with Gasteiger partial charge in [0, 0.05) is 9.86 Å². The van der Waals surface area contributed by atoms with Crippen molar-refractivity contribution in [2.45, 2.75) is 12.4 Å². The Labute approximate surface area is 131 Å². The van der Waals surface area contributed by atoms with Crippen LogP contribution in [0.1, 0.15) is 5.56 Å². The monoisotopic (exact) mass is 403 g/mol. The van der Waals surface area contributed by atoms with E-state index in [-0.39, 0.29) is 10.5 Å². The Morgan fingerprint density at radius 1 is 1.29 bits per heavy atom. The third-order valence-electron chi connectivity index (χ3n) is 2.42. The highest BCUT2D eigenvalue weighted by molar-refractivity contribution is 9.10. The molecule has 0 unspecified atom stereocenters. The summed E-state index contributed by atoms with van der Waals surface area (Å²) in [5, 5.41) is 0.169. The van der Waals surface area contributed by atoms with Gasteiger partial charge in [-0.3, -0.25) is 0 Å². The van der Waals surface area contributed by atoms with Crippen LogP contribution in [0.25, 0.3) is 10.9 Å². The Bertz CT molecular complexity index is 824. The highest BCUT2D eigenvalue weighted by Gasteiger charge is 2.49. The van der Waals surface area contributed by atoms with E-state index in [1.807, 2.05) is 0 Å². The lowest BCUT2D eigenvalue weighted by Crippen LogP contribution is -2.28. The van der Waals surface area contributed by atoms with E-state index in [1.165, 1.54) is 6.07 Å². The molecule has 0 aliphatic rings. The molecule has 4 nitrogen and oxygen atoms in total. The van der Waals surface area contributed by atoms with Crippen molar-refractivity contribution in [1.82, 2.24) is 4.98 Å². The van der Waals surface area contributed by atoms with E-state index in [0.29, 0.717) is 9.86 Å². The van der Waals surface area contributed by atoms with Crippen LogP contribution in [0, 0.1) is 6.92 Å². The van der Waals surface area contributed by atoms with E-state index in [4.69, 9.17) is 11.6 Å². The van der Waals surface area contributed by atoms with Crippen LogP contribution in [-0.4, -0.2) is 18.9 Å². The highest BCUT2D eigenvalue weighted by atomic mass is 79.9. The van der Waals surface area contributed by atoms with Gasteiger partial charge in [0.1, 0.15) is 5.02 Å². The van der Waals surface area contributed by atoms with Crippen molar-refractivity contribution in [3.8, 4) is 5.88 Å². The van der Waals surface area contributed by atoms with Crippen molar-refractivity contribution in [1.29, 1.82) is 0 Å². The number of aryl methyl sites for hydroxylation is 1. The zero-order valence-corrected chi connectivity index (χ0v) is 13.4. The molecular formula is C11H6BrClF3NO3S. The molecule has 0 N–H and O–H groups in total. The fraction of sp³-hybridized carbons (Fsp3) is 0.182. The minimum Gasteiger partial charge on any atom is -0.354 e. The number of pyridine rings is 1. The molecule has 0 aliphatic carbocycles. The van der Waals surface area contributed by atoms with Gasteiger partial charge in [0.05, 0.1) is 5.52 Å². The van der Waals surface area contributed by atoms with Gasteiger partial charge in [0.15, 0.2) is 0 Å². The molecule has 1 aromatic heterocycles. The molecule has 2 aromatic rings. The van der Waals surface area contributed by atoms with E-state index >= 15 is 0 Å². The first-order valence-corrected chi connectivity index (χ1v) is 7.86. The lowest BCUT2D eigenvalue weighted by atomic mass is 10.1. The number of hydrogen-bond acceptors (Lipinski definition) is 4. The van der Waals surface area contributed by atoms with Crippen LogP contribution in [0.5, 0.6) is 5.88 Å². The summed E-state index contributed by atoms with van der Waals surface area (Å²) in [6, 6.07) is 4.59. The van der Waals surface area contributed by atoms with Gasteiger partial charge in [-0.05, 0) is 30.7 Å².